The Morgan fingerprint density at radius 2 is 1.87 bits per heavy atom. The average molecular weight is 318 g/mol. The van der Waals surface area contributed by atoms with Gasteiger partial charge in [-0.05, 0) is 26.1 Å². The van der Waals surface area contributed by atoms with E-state index in [0.717, 1.165) is 13.1 Å². The Kier molecular flexibility index (Phi) is 5.55. The van der Waals surface area contributed by atoms with Gasteiger partial charge in [0.1, 0.15) is 5.82 Å². The molecule has 0 saturated heterocycles. The van der Waals surface area contributed by atoms with Crippen LogP contribution in [0.15, 0.2) is 35.1 Å². The van der Waals surface area contributed by atoms with Gasteiger partial charge in [-0.2, -0.15) is 0 Å². The highest BCUT2D eigenvalue weighted by Crippen LogP contribution is 2.19. The zero-order chi connectivity index (χ0) is 17.0. The molecular weight excluding hydrogens is 295 g/mol. The summed E-state index contributed by atoms with van der Waals surface area (Å²) >= 11 is 0. The van der Waals surface area contributed by atoms with Gasteiger partial charge in [-0.3, -0.25) is 9.69 Å². The van der Waals surface area contributed by atoms with Crippen molar-refractivity contribution in [3.05, 3.63) is 63.3 Å². The Balaban J connectivity index is 2.51. The lowest BCUT2D eigenvalue weighted by Crippen LogP contribution is -2.27. The number of rotatable bonds is 6. The van der Waals surface area contributed by atoms with Crippen LogP contribution in [0.4, 0.5) is 4.39 Å². The molecule has 0 fully saturated rings. The van der Waals surface area contributed by atoms with Crippen molar-refractivity contribution in [2.24, 2.45) is 0 Å². The van der Waals surface area contributed by atoms with Gasteiger partial charge in [0.15, 0.2) is 5.75 Å². The molecule has 0 aliphatic heterocycles. The molecule has 23 heavy (non-hydrogen) atoms. The van der Waals surface area contributed by atoms with Crippen LogP contribution in [0.25, 0.3) is 0 Å². The lowest BCUT2D eigenvalue weighted by molar-refractivity contribution is 0.280. The summed E-state index contributed by atoms with van der Waals surface area (Å²) in [5.41, 5.74) is 1.37. The fourth-order valence-electron chi connectivity index (χ4n) is 2.66. The first-order valence-corrected chi connectivity index (χ1v) is 7.85. The number of aryl methyl sites for hydroxylation is 1. The molecule has 1 aromatic heterocycles. The van der Waals surface area contributed by atoms with E-state index in [1.54, 1.807) is 25.1 Å². The third kappa shape index (κ3) is 3.79. The van der Waals surface area contributed by atoms with Crippen molar-refractivity contribution >= 4 is 0 Å². The predicted molar refractivity (Wildman–Crippen MR) is 89.2 cm³/mol. The van der Waals surface area contributed by atoms with Crippen molar-refractivity contribution in [1.29, 1.82) is 0 Å². The molecule has 1 heterocycles. The van der Waals surface area contributed by atoms with Crippen LogP contribution >= 0.6 is 0 Å². The molecule has 0 amide bonds. The molecule has 0 atom stereocenters. The SMILES string of the molecule is CCN(CC)Cc1c(O)c(=O)cc(C)n1Cc1ccccc1F. The maximum Gasteiger partial charge on any atom is 0.223 e. The van der Waals surface area contributed by atoms with Crippen LogP contribution in [0.2, 0.25) is 0 Å². The van der Waals surface area contributed by atoms with Gasteiger partial charge in [-0.1, -0.05) is 32.0 Å². The zero-order valence-corrected chi connectivity index (χ0v) is 13.8. The van der Waals surface area contributed by atoms with E-state index < -0.39 is 5.43 Å². The van der Waals surface area contributed by atoms with E-state index in [1.807, 2.05) is 18.4 Å². The van der Waals surface area contributed by atoms with Crippen LogP contribution in [-0.2, 0) is 13.1 Å². The van der Waals surface area contributed by atoms with Gasteiger partial charge in [0.05, 0.1) is 12.2 Å². The number of nitrogens with zero attached hydrogens (tertiary/aromatic N) is 2. The Labute approximate surface area is 135 Å². The van der Waals surface area contributed by atoms with Crippen LogP contribution in [0.3, 0.4) is 0 Å². The van der Waals surface area contributed by atoms with Crippen molar-refractivity contribution in [2.45, 2.75) is 33.9 Å². The lowest BCUT2D eigenvalue weighted by Gasteiger charge is -2.24. The minimum absolute atomic E-state index is 0.251. The van der Waals surface area contributed by atoms with E-state index in [1.165, 1.54) is 12.1 Å². The smallest absolute Gasteiger partial charge is 0.223 e. The average Bonchev–Trinajstić information content (AvgIpc) is 2.54. The van der Waals surface area contributed by atoms with E-state index in [9.17, 15) is 14.3 Å². The second kappa shape index (κ2) is 7.42. The molecule has 0 aliphatic rings. The molecule has 2 aromatic rings. The number of aromatic hydroxyl groups is 1. The van der Waals surface area contributed by atoms with Gasteiger partial charge < -0.3 is 9.67 Å². The van der Waals surface area contributed by atoms with Crippen molar-refractivity contribution in [2.75, 3.05) is 13.1 Å². The Hall–Kier alpha value is -2.14. The van der Waals surface area contributed by atoms with Crippen LogP contribution in [0, 0.1) is 12.7 Å². The quantitative estimate of drug-likeness (QED) is 0.891. The maximum absolute atomic E-state index is 14.0. The Morgan fingerprint density at radius 1 is 1.22 bits per heavy atom. The fourth-order valence-corrected chi connectivity index (χ4v) is 2.66. The molecule has 4 nitrogen and oxygen atoms in total. The number of benzene rings is 1. The van der Waals surface area contributed by atoms with Crippen molar-refractivity contribution in [3.8, 4) is 5.75 Å². The summed E-state index contributed by atoms with van der Waals surface area (Å²) < 4.78 is 15.8. The molecule has 2 rings (SSSR count). The first-order valence-electron chi connectivity index (χ1n) is 7.85. The Bertz CT molecular complexity index is 736. The predicted octanol–water partition coefficient (Wildman–Crippen LogP) is 2.89. The molecule has 0 spiro atoms. The molecule has 0 radical (unpaired) electrons. The van der Waals surface area contributed by atoms with Crippen LogP contribution in [-0.4, -0.2) is 27.7 Å². The standard InChI is InChI=1S/C18H23FN2O2/c1-4-20(5-2)12-16-18(23)17(22)10-13(3)21(16)11-14-8-6-7-9-15(14)19/h6-10,23H,4-5,11-12H2,1-3H3. The molecule has 1 aromatic carbocycles. The van der Waals surface area contributed by atoms with Crippen molar-refractivity contribution in [1.82, 2.24) is 9.47 Å². The number of halogens is 1. The summed E-state index contributed by atoms with van der Waals surface area (Å²) in [6.45, 7) is 8.18. The third-order valence-corrected chi connectivity index (χ3v) is 4.15. The summed E-state index contributed by atoms with van der Waals surface area (Å²) in [4.78, 5) is 14.0. The van der Waals surface area contributed by atoms with Gasteiger partial charge in [0.2, 0.25) is 5.43 Å². The lowest BCUT2D eigenvalue weighted by atomic mass is 10.1. The topological polar surface area (TPSA) is 45.5 Å². The van der Waals surface area contributed by atoms with E-state index in [2.05, 4.69) is 4.90 Å². The van der Waals surface area contributed by atoms with Gasteiger partial charge in [-0.25, -0.2) is 4.39 Å². The van der Waals surface area contributed by atoms with Gasteiger partial charge in [0.25, 0.3) is 0 Å². The van der Waals surface area contributed by atoms with Gasteiger partial charge in [-0.15, -0.1) is 0 Å². The molecular formula is C18H23FN2O2. The van der Waals surface area contributed by atoms with Gasteiger partial charge in [0, 0.05) is 23.9 Å². The minimum atomic E-state index is -0.394. The fraction of sp³-hybridized carbons (Fsp3) is 0.389. The number of hydrogen-bond donors (Lipinski definition) is 1. The van der Waals surface area contributed by atoms with Crippen molar-refractivity contribution < 1.29 is 9.50 Å². The number of hydrogen-bond acceptors (Lipinski definition) is 3. The second-order valence-corrected chi connectivity index (χ2v) is 5.58. The minimum Gasteiger partial charge on any atom is -0.503 e. The molecule has 0 unspecified atom stereocenters. The summed E-state index contributed by atoms with van der Waals surface area (Å²) in [7, 11) is 0. The third-order valence-electron chi connectivity index (χ3n) is 4.15. The molecule has 5 heteroatoms. The second-order valence-electron chi connectivity index (χ2n) is 5.58. The molecule has 1 N–H and O–H groups in total. The first kappa shape index (κ1) is 17.2. The summed E-state index contributed by atoms with van der Waals surface area (Å²) in [6.07, 6.45) is 0. The van der Waals surface area contributed by atoms with E-state index >= 15 is 0 Å². The Morgan fingerprint density at radius 3 is 2.48 bits per heavy atom. The highest BCUT2D eigenvalue weighted by atomic mass is 19.1. The largest absolute Gasteiger partial charge is 0.503 e. The van der Waals surface area contributed by atoms with Gasteiger partial charge >= 0.3 is 0 Å². The molecule has 124 valence electrons. The first-order chi connectivity index (χ1) is 11.0. The van der Waals surface area contributed by atoms with Crippen LogP contribution in [0.5, 0.6) is 5.75 Å². The van der Waals surface area contributed by atoms with E-state index in [4.69, 9.17) is 0 Å². The van der Waals surface area contributed by atoms with E-state index in [-0.39, 0.29) is 18.1 Å². The molecule has 0 aliphatic carbocycles. The zero-order valence-electron chi connectivity index (χ0n) is 13.8. The highest BCUT2D eigenvalue weighted by Gasteiger charge is 2.16. The normalized spacial score (nSPS) is 11.2. The highest BCUT2D eigenvalue weighted by molar-refractivity contribution is 5.31. The van der Waals surface area contributed by atoms with Crippen LogP contribution < -0.4 is 5.43 Å². The number of aromatic nitrogens is 1. The van der Waals surface area contributed by atoms with E-state index in [0.29, 0.717) is 23.5 Å². The summed E-state index contributed by atoms with van der Waals surface area (Å²) in [5.74, 6) is -0.544. The molecule has 0 saturated carbocycles. The monoisotopic (exact) mass is 318 g/mol. The van der Waals surface area contributed by atoms with Crippen molar-refractivity contribution in [3.63, 3.8) is 0 Å². The van der Waals surface area contributed by atoms with Crippen LogP contribution in [0.1, 0.15) is 30.8 Å². The molecule has 0 bridgehead atoms. The summed E-state index contributed by atoms with van der Waals surface area (Å²) in [6, 6.07) is 7.94. The maximum atomic E-state index is 14.0. The number of pyridine rings is 1. The summed E-state index contributed by atoms with van der Waals surface area (Å²) in [5, 5.41) is 10.2.